The molecule has 4 N–H and O–H groups in total. The van der Waals surface area contributed by atoms with E-state index in [-0.39, 0.29) is 6.61 Å². The van der Waals surface area contributed by atoms with Gasteiger partial charge in [0.05, 0.1) is 13.2 Å². The van der Waals surface area contributed by atoms with Crippen molar-refractivity contribution in [3.05, 3.63) is 0 Å². The van der Waals surface area contributed by atoms with Crippen LogP contribution in [0.5, 0.6) is 0 Å². The lowest BCUT2D eigenvalue weighted by Crippen LogP contribution is -2.44. The Morgan fingerprint density at radius 3 is 1.92 bits per heavy atom. The summed E-state index contributed by atoms with van der Waals surface area (Å²) in [5.41, 5.74) is 0. The molecule has 0 aliphatic rings. The molecule has 6 heteroatoms. The smallest absolute Gasteiger partial charge is 0.144 e. The molecule has 6 nitrogen and oxygen atoms in total. The van der Waals surface area contributed by atoms with E-state index in [9.17, 15) is 5.11 Å². The lowest BCUT2D eigenvalue weighted by atomic mass is 10.1. The van der Waals surface area contributed by atoms with Crippen LogP contribution in [0.1, 0.15) is 0 Å². The summed E-state index contributed by atoms with van der Waals surface area (Å²) in [5, 5.41) is 35.3. The fraction of sp³-hybridized carbons (Fsp3) is 1.00. The summed E-state index contributed by atoms with van der Waals surface area (Å²) in [6.07, 6.45) is -2.96. The number of hydrogen-bond donors (Lipinski definition) is 4. The minimum Gasteiger partial charge on any atom is -0.394 e. The maximum atomic E-state index is 9.42. The predicted octanol–water partition coefficient (Wildman–Crippen LogP) is -2.32. The highest BCUT2D eigenvalue weighted by Crippen LogP contribution is 2.06. The van der Waals surface area contributed by atoms with E-state index in [1.54, 1.807) is 0 Å². The van der Waals surface area contributed by atoms with Gasteiger partial charge in [-0.25, -0.2) is 0 Å². The fourth-order valence-corrected chi connectivity index (χ4v) is 0.916. The maximum absolute atomic E-state index is 9.42. The minimum atomic E-state index is -1.17. The highest BCUT2D eigenvalue weighted by atomic mass is 16.6. The normalized spacial score (nSPS) is 18.2. The highest BCUT2D eigenvalue weighted by molar-refractivity contribution is 4.76. The summed E-state index contributed by atoms with van der Waals surface area (Å²) in [7, 11) is 1.32. The number of rotatable bonds is 7. The Kier molecular flexibility index (Phi) is 7.06. The third-order valence-electron chi connectivity index (χ3n) is 1.71. The molecule has 0 bridgehead atoms. The first kappa shape index (κ1) is 12.8. The highest BCUT2D eigenvalue weighted by Gasteiger charge is 2.27. The molecule has 3 atom stereocenters. The van der Waals surface area contributed by atoms with E-state index in [0.717, 1.165) is 0 Å². The SMILES string of the molecule is CO[C@@H](CO)[C@@H](O)C(CO)OCO. The average molecular weight is 196 g/mol. The van der Waals surface area contributed by atoms with Crippen molar-refractivity contribution < 1.29 is 29.9 Å². The van der Waals surface area contributed by atoms with Gasteiger partial charge in [-0.3, -0.25) is 0 Å². The molecule has 13 heavy (non-hydrogen) atoms. The first-order valence-corrected chi connectivity index (χ1v) is 3.86. The summed E-state index contributed by atoms with van der Waals surface area (Å²) in [4.78, 5) is 0. The second-order valence-electron chi connectivity index (χ2n) is 2.46. The van der Waals surface area contributed by atoms with Gasteiger partial charge in [0, 0.05) is 7.11 Å². The van der Waals surface area contributed by atoms with Gasteiger partial charge in [-0.15, -0.1) is 0 Å². The molecule has 0 radical (unpaired) electrons. The van der Waals surface area contributed by atoms with Crippen molar-refractivity contribution in [3.8, 4) is 0 Å². The second-order valence-corrected chi connectivity index (χ2v) is 2.46. The topological polar surface area (TPSA) is 99.4 Å². The van der Waals surface area contributed by atoms with Crippen molar-refractivity contribution in [2.24, 2.45) is 0 Å². The van der Waals surface area contributed by atoms with Crippen LogP contribution in [0.3, 0.4) is 0 Å². The lowest BCUT2D eigenvalue weighted by molar-refractivity contribution is -0.154. The van der Waals surface area contributed by atoms with Gasteiger partial charge in [0.15, 0.2) is 0 Å². The van der Waals surface area contributed by atoms with Gasteiger partial charge in [-0.2, -0.15) is 0 Å². The van der Waals surface area contributed by atoms with Gasteiger partial charge in [-0.1, -0.05) is 0 Å². The van der Waals surface area contributed by atoms with E-state index < -0.39 is 31.7 Å². The number of methoxy groups -OCH3 is 1. The summed E-state index contributed by atoms with van der Waals surface area (Å²) in [6, 6.07) is 0. The summed E-state index contributed by atoms with van der Waals surface area (Å²) in [6.45, 7) is -1.45. The van der Waals surface area contributed by atoms with Gasteiger partial charge in [0.1, 0.15) is 25.1 Å². The predicted molar refractivity (Wildman–Crippen MR) is 42.9 cm³/mol. The Morgan fingerprint density at radius 2 is 1.62 bits per heavy atom. The van der Waals surface area contributed by atoms with Crippen LogP contribution < -0.4 is 0 Å². The van der Waals surface area contributed by atoms with Crippen LogP contribution in [0.25, 0.3) is 0 Å². The molecule has 0 spiro atoms. The molecule has 0 heterocycles. The zero-order valence-electron chi connectivity index (χ0n) is 7.46. The van der Waals surface area contributed by atoms with Crippen LogP contribution in [-0.2, 0) is 9.47 Å². The van der Waals surface area contributed by atoms with E-state index in [0.29, 0.717) is 0 Å². The number of aliphatic hydroxyl groups excluding tert-OH is 4. The summed E-state index contributed by atoms with van der Waals surface area (Å²) < 4.78 is 9.32. The van der Waals surface area contributed by atoms with Crippen molar-refractivity contribution in [1.29, 1.82) is 0 Å². The van der Waals surface area contributed by atoms with Crippen LogP contribution in [0.15, 0.2) is 0 Å². The average Bonchev–Trinajstić information content (AvgIpc) is 2.15. The molecule has 0 fully saturated rings. The van der Waals surface area contributed by atoms with E-state index in [1.807, 2.05) is 0 Å². The van der Waals surface area contributed by atoms with Gasteiger partial charge >= 0.3 is 0 Å². The van der Waals surface area contributed by atoms with E-state index in [4.69, 9.17) is 20.1 Å². The van der Waals surface area contributed by atoms with Crippen LogP contribution in [0, 0.1) is 0 Å². The fourth-order valence-electron chi connectivity index (χ4n) is 0.916. The van der Waals surface area contributed by atoms with E-state index in [2.05, 4.69) is 4.74 Å². The summed E-state index contributed by atoms with van der Waals surface area (Å²) in [5.74, 6) is 0. The molecule has 1 unspecified atom stereocenters. The zero-order chi connectivity index (χ0) is 10.3. The van der Waals surface area contributed by atoms with Crippen molar-refractivity contribution in [2.45, 2.75) is 18.3 Å². The van der Waals surface area contributed by atoms with Crippen molar-refractivity contribution in [3.63, 3.8) is 0 Å². The van der Waals surface area contributed by atoms with Crippen LogP contribution in [0.4, 0.5) is 0 Å². The molecular formula is C7H16O6. The van der Waals surface area contributed by atoms with Gasteiger partial charge in [-0.05, 0) is 0 Å². The van der Waals surface area contributed by atoms with Gasteiger partial charge in [0.25, 0.3) is 0 Å². The lowest BCUT2D eigenvalue weighted by Gasteiger charge is -2.25. The molecule has 0 rings (SSSR count). The van der Waals surface area contributed by atoms with E-state index >= 15 is 0 Å². The van der Waals surface area contributed by atoms with Crippen LogP contribution in [0.2, 0.25) is 0 Å². The molecule has 0 aliphatic heterocycles. The van der Waals surface area contributed by atoms with Gasteiger partial charge < -0.3 is 29.9 Å². The second kappa shape index (κ2) is 7.19. The Morgan fingerprint density at radius 1 is 1.08 bits per heavy atom. The number of ether oxygens (including phenoxy) is 2. The molecule has 0 saturated carbocycles. The first-order valence-electron chi connectivity index (χ1n) is 3.86. The molecule has 0 aromatic heterocycles. The first-order chi connectivity index (χ1) is 6.21. The van der Waals surface area contributed by atoms with Crippen LogP contribution >= 0.6 is 0 Å². The maximum Gasteiger partial charge on any atom is 0.144 e. The quantitative estimate of drug-likeness (QED) is 0.341. The standard InChI is InChI=1S/C7H16O6/c1-12-5(2-8)7(11)6(3-9)13-4-10/h5-11H,2-4H2,1H3/t5-,6?,7+/m0/s1. The largest absolute Gasteiger partial charge is 0.394 e. The molecule has 0 amide bonds. The molecule has 0 aromatic rings. The molecule has 0 saturated heterocycles. The third-order valence-corrected chi connectivity index (χ3v) is 1.71. The minimum absolute atomic E-state index is 0.386. The number of aliphatic hydroxyl groups is 4. The molecule has 0 aromatic carbocycles. The Labute approximate surface area is 76.3 Å². The van der Waals surface area contributed by atoms with Crippen molar-refractivity contribution >= 4 is 0 Å². The Bertz CT molecular complexity index is 116. The molecule has 0 aliphatic carbocycles. The van der Waals surface area contributed by atoms with Crippen molar-refractivity contribution in [1.82, 2.24) is 0 Å². The Balaban J connectivity index is 4.07. The Hall–Kier alpha value is -0.240. The number of hydrogen-bond acceptors (Lipinski definition) is 6. The summed E-state index contributed by atoms with van der Waals surface area (Å²) >= 11 is 0. The van der Waals surface area contributed by atoms with E-state index in [1.165, 1.54) is 7.11 Å². The third kappa shape index (κ3) is 3.99. The van der Waals surface area contributed by atoms with Crippen molar-refractivity contribution in [2.75, 3.05) is 27.1 Å². The zero-order valence-corrected chi connectivity index (χ0v) is 7.46. The van der Waals surface area contributed by atoms with Crippen LogP contribution in [-0.4, -0.2) is 65.9 Å². The molecule has 80 valence electrons. The molecular weight excluding hydrogens is 180 g/mol. The monoisotopic (exact) mass is 196 g/mol. The van der Waals surface area contributed by atoms with Gasteiger partial charge in [0.2, 0.25) is 0 Å².